The summed E-state index contributed by atoms with van der Waals surface area (Å²) < 4.78 is 35.4. The minimum absolute atomic E-state index is 0.0751. The summed E-state index contributed by atoms with van der Waals surface area (Å²) in [4.78, 5) is 14.1. The van der Waals surface area contributed by atoms with Crippen LogP contribution in [0.25, 0.3) is 0 Å². The number of esters is 1. The number of carbonyl (C=O) groups is 1. The van der Waals surface area contributed by atoms with Crippen molar-refractivity contribution in [1.29, 1.82) is 0 Å². The van der Waals surface area contributed by atoms with E-state index in [-0.39, 0.29) is 6.61 Å². The summed E-state index contributed by atoms with van der Waals surface area (Å²) in [5.74, 6) is -4.96. The highest BCUT2D eigenvalue weighted by Gasteiger charge is 2.52. The molecule has 2 rings (SSSR count). The predicted octanol–water partition coefficient (Wildman–Crippen LogP) is 5.12. The van der Waals surface area contributed by atoms with Crippen molar-refractivity contribution in [3.8, 4) is 0 Å². The number of carbonyl (C=O) groups excluding carboxylic acids is 1. The van der Waals surface area contributed by atoms with E-state index in [0.717, 1.165) is 25.7 Å². The molecule has 1 aromatic rings. The molecule has 1 heterocycles. The minimum Gasteiger partial charge on any atom is -0.462 e. The highest BCUT2D eigenvalue weighted by Crippen LogP contribution is 2.38. The molecule has 0 aliphatic carbocycles. The second-order valence-corrected chi connectivity index (χ2v) is 14.0. The van der Waals surface area contributed by atoms with Gasteiger partial charge in [-0.15, -0.1) is 0 Å². The number of ether oxygens (including phenoxy) is 1. The molecule has 0 aromatic heterocycles. The Kier molecular flexibility index (Phi) is 7.35. The molecule has 0 spiro atoms. The summed E-state index contributed by atoms with van der Waals surface area (Å²) in [6.07, 6.45) is 3.85. The molecule has 26 heavy (non-hydrogen) atoms. The van der Waals surface area contributed by atoms with Crippen LogP contribution in [0.5, 0.6) is 0 Å². The number of hydrogen-bond donors (Lipinski definition) is 0. The molecule has 3 nitrogen and oxygen atoms in total. The van der Waals surface area contributed by atoms with Crippen LogP contribution in [0, 0.1) is 0 Å². The molecule has 1 saturated heterocycles. The topological polar surface area (TPSA) is 29.5 Å². The molecular weight excluding hydrogens is 352 g/mol. The lowest BCUT2D eigenvalue weighted by molar-refractivity contribution is -0.183. The molecule has 0 saturated carbocycles. The van der Waals surface area contributed by atoms with Gasteiger partial charge in [-0.05, 0) is 37.5 Å². The summed E-state index contributed by atoms with van der Waals surface area (Å²) in [5.41, 5.74) is 0.474. The second-order valence-electron chi connectivity index (χ2n) is 8.33. The monoisotopic (exact) mass is 383 g/mol. The Morgan fingerprint density at radius 3 is 2.23 bits per heavy atom. The first-order valence-electron chi connectivity index (χ1n) is 9.56. The van der Waals surface area contributed by atoms with Crippen molar-refractivity contribution < 1.29 is 18.3 Å². The Balaban J connectivity index is 2.20. The Hall–Kier alpha value is -1.27. The van der Waals surface area contributed by atoms with Crippen molar-refractivity contribution >= 4 is 14.0 Å². The van der Waals surface area contributed by atoms with Crippen molar-refractivity contribution in [3.05, 3.63) is 35.9 Å². The molecule has 0 radical (unpaired) electrons. The van der Waals surface area contributed by atoms with E-state index in [2.05, 4.69) is 19.6 Å². The predicted molar refractivity (Wildman–Crippen MR) is 103 cm³/mol. The van der Waals surface area contributed by atoms with Crippen LogP contribution < -0.4 is 0 Å². The van der Waals surface area contributed by atoms with Crippen LogP contribution in [0.15, 0.2) is 30.3 Å². The van der Waals surface area contributed by atoms with E-state index < -0.39 is 26.0 Å². The maximum Gasteiger partial charge on any atom is 0.379 e. The van der Waals surface area contributed by atoms with Crippen LogP contribution in [0.2, 0.25) is 25.7 Å². The van der Waals surface area contributed by atoms with Crippen molar-refractivity contribution in [2.75, 3.05) is 19.7 Å². The summed E-state index contributed by atoms with van der Waals surface area (Å²) in [7, 11) is -1.45. The normalized spacial score (nSPS) is 18.2. The fourth-order valence-electron chi connectivity index (χ4n) is 3.30. The Morgan fingerprint density at radius 2 is 1.69 bits per heavy atom. The van der Waals surface area contributed by atoms with Gasteiger partial charge in [0.1, 0.15) is 6.04 Å². The highest BCUT2D eigenvalue weighted by molar-refractivity contribution is 6.76. The van der Waals surface area contributed by atoms with Crippen LogP contribution in [0.4, 0.5) is 8.78 Å². The SMILES string of the molecule is C[Si](C)(C)CCOC(=O)C(F)(F)C(c1ccccc1)N1CCCCCC1. The molecule has 1 aliphatic heterocycles. The smallest absolute Gasteiger partial charge is 0.379 e. The third-order valence-electron chi connectivity index (χ3n) is 4.82. The first-order valence-corrected chi connectivity index (χ1v) is 13.3. The van der Waals surface area contributed by atoms with Gasteiger partial charge in [0.05, 0.1) is 6.61 Å². The number of alkyl halides is 2. The number of nitrogens with zero attached hydrogens (tertiary/aromatic N) is 1. The highest BCUT2D eigenvalue weighted by atomic mass is 28.3. The molecule has 1 aliphatic rings. The number of benzene rings is 1. The summed E-state index contributed by atoms with van der Waals surface area (Å²) in [6.45, 7) is 7.62. The summed E-state index contributed by atoms with van der Waals surface area (Å²) in [6, 6.07) is 8.07. The van der Waals surface area contributed by atoms with Crippen LogP contribution >= 0.6 is 0 Å². The lowest BCUT2D eigenvalue weighted by Crippen LogP contribution is -2.47. The first-order chi connectivity index (χ1) is 12.2. The van der Waals surface area contributed by atoms with Crippen molar-refractivity contribution in [2.24, 2.45) is 0 Å². The summed E-state index contributed by atoms with van der Waals surface area (Å²) >= 11 is 0. The van der Waals surface area contributed by atoms with Gasteiger partial charge in [-0.25, -0.2) is 4.79 Å². The average Bonchev–Trinajstić information content (AvgIpc) is 2.83. The zero-order valence-electron chi connectivity index (χ0n) is 16.1. The van der Waals surface area contributed by atoms with Gasteiger partial charge in [-0.2, -0.15) is 8.78 Å². The van der Waals surface area contributed by atoms with E-state index in [1.165, 1.54) is 0 Å². The standard InChI is InChI=1S/C20H31F2NO2Si/c1-26(2,3)16-15-25-19(24)20(21,22)18(17-11-7-6-8-12-17)23-13-9-4-5-10-14-23/h6-8,11-12,18H,4-5,9-10,13-16H2,1-3H3. The number of likely N-dealkylation sites (tertiary alicyclic amines) is 1. The van der Waals surface area contributed by atoms with Crippen LogP contribution in [0.1, 0.15) is 37.3 Å². The zero-order valence-corrected chi connectivity index (χ0v) is 17.1. The molecule has 146 valence electrons. The maximum absolute atomic E-state index is 15.2. The molecule has 1 atom stereocenters. The lowest BCUT2D eigenvalue weighted by atomic mass is 9.98. The molecule has 1 unspecified atom stereocenters. The Bertz CT molecular complexity index is 567. The number of hydrogen-bond acceptors (Lipinski definition) is 3. The van der Waals surface area contributed by atoms with E-state index in [0.29, 0.717) is 24.7 Å². The van der Waals surface area contributed by atoms with Crippen LogP contribution in [-0.2, 0) is 9.53 Å². The van der Waals surface area contributed by atoms with Gasteiger partial charge >= 0.3 is 11.9 Å². The lowest BCUT2D eigenvalue weighted by Gasteiger charge is -2.35. The Morgan fingerprint density at radius 1 is 1.12 bits per heavy atom. The van der Waals surface area contributed by atoms with E-state index in [4.69, 9.17) is 4.74 Å². The van der Waals surface area contributed by atoms with Gasteiger partial charge in [0.25, 0.3) is 0 Å². The van der Waals surface area contributed by atoms with Crippen molar-refractivity contribution in [2.45, 2.75) is 63.3 Å². The maximum atomic E-state index is 15.2. The van der Waals surface area contributed by atoms with E-state index in [1.54, 1.807) is 35.2 Å². The van der Waals surface area contributed by atoms with Crippen molar-refractivity contribution in [3.63, 3.8) is 0 Å². The average molecular weight is 384 g/mol. The van der Waals surface area contributed by atoms with Crippen molar-refractivity contribution in [1.82, 2.24) is 4.90 Å². The minimum atomic E-state index is -3.56. The third-order valence-corrected chi connectivity index (χ3v) is 6.53. The molecule has 6 heteroatoms. The number of halogens is 2. The molecule has 0 N–H and O–H groups in total. The van der Waals surface area contributed by atoms with E-state index in [1.807, 2.05) is 0 Å². The van der Waals surface area contributed by atoms with Gasteiger partial charge < -0.3 is 4.74 Å². The fourth-order valence-corrected chi connectivity index (χ4v) is 4.01. The first kappa shape index (κ1) is 21.0. The quantitative estimate of drug-likeness (QED) is 0.483. The second kappa shape index (κ2) is 9.09. The number of rotatable bonds is 7. The van der Waals surface area contributed by atoms with Gasteiger partial charge in [0.2, 0.25) is 0 Å². The molecule has 0 amide bonds. The molecule has 0 bridgehead atoms. The van der Waals surface area contributed by atoms with Crippen LogP contribution in [-0.4, -0.2) is 44.6 Å². The molecular formula is C20H31F2NO2Si. The third kappa shape index (κ3) is 5.88. The van der Waals surface area contributed by atoms with Gasteiger partial charge in [-0.1, -0.05) is 62.8 Å². The van der Waals surface area contributed by atoms with Crippen LogP contribution in [0.3, 0.4) is 0 Å². The van der Waals surface area contributed by atoms with Gasteiger partial charge in [-0.3, -0.25) is 4.90 Å². The van der Waals surface area contributed by atoms with E-state index >= 15 is 8.78 Å². The van der Waals surface area contributed by atoms with Gasteiger partial charge in [0, 0.05) is 8.07 Å². The largest absolute Gasteiger partial charge is 0.462 e. The fraction of sp³-hybridized carbons (Fsp3) is 0.650. The van der Waals surface area contributed by atoms with E-state index in [9.17, 15) is 4.79 Å². The zero-order chi connectivity index (χ0) is 19.2. The molecule has 1 aromatic carbocycles. The summed E-state index contributed by atoms with van der Waals surface area (Å²) in [5, 5.41) is 0. The van der Waals surface area contributed by atoms with Gasteiger partial charge in [0.15, 0.2) is 0 Å². The molecule has 1 fully saturated rings. The Labute approximate surface area is 156 Å².